The molecule has 9 fully saturated rings. The number of nitrogens with zero attached hydrogens (tertiary/aromatic N) is 2. The van der Waals surface area contributed by atoms with Crippen molar-refractivity contribution in [1.82, 2.24) is 47.0 Å². The first-order valence-corrected chi connectivity index (χ1v) is 33.0. The van der Waals surface area contributed by atoms with Crippen molar-refractivity contribution in [3.63, 3.8) is 0 Å². The molecular weight excluding hydrogens is 1060 g/mol. The van der Waals surface area contributed by atoms with Crippen LogP contribution >= 0.6 is 0 Å². The molecule has 0 radical (unpaired) electrons. The van der Waals surface area contributed by atoms with E-state index in [1.807, 2.05) is 0 Å². The molecule has 8 bridgehead atoms. The molecule has 0 aromatic rings. The third-order valence-electron chi connectivity index (χ3n) is 21.9. The Bertz CT molecular complexity index is 1920. The summed E-state index contributed by atoms with van der Waals surface area (Å²) in [6.07, 6.45) is 33.5. The monoisotopic (exact) mass is 1180 g/mol. The summed E-state index contributed by atoms with van der Waals surface area (Å²) in [5, 5.41) is 31.2. The molecule has 4 aliphatic carbocycles. The zero-order valence-electron chi connectivity index (χ0n) is 49.3. The van der Waals surface area contributed by atoms with Crippen LogP contribution in [0.2, 0.25) is 0 Å². The number of nitrogens with two attached hydrogens (primary N) is 7. The van der Waals surface area contributed by atoms with Gasteiger partial charge in [-0.15, -0.1) is 0 Å². The summed E-state index contributed by atoms with van der Waals surface area (Å²) in [7, 11) is 0. The van der Waals surface area contributed by atoms with Gasteiger partial charge in [-0.2, -0.15) is 0 Å². The molecule has 4 saturated carbocycles. The van der Waals surface area contributed by atoms with Crippen LogP contribution < -0.4 is 77.4 Å². The predicted molar refractivity (Wildman–Crippen MR) is 313 cm³/mol. The van der Waals surface area contributed by atoms with Crippen LogP contribution in [0.5, 0.6) is 0 Å². The third-order valence-corrected chi connectivity index (χ3v) is 21.9. The van der Waals surface area contributed by atoms with Gasteiger partial charge < -0.3 is 40.1 Å². The van der Waals surface area contributed by atoms with Gasteiger partial charge in [-0.1, -0.05) is 103 Å². The summed E-state index contributed by atoms with van der Waals surface area (Å²) >= 11 is 0. The minimum absolute atomic E-state index is 0. The van der Waals surface area contributed by atoms with E-state index in [1.54, 1.807) is 0 Å². The molecule has 5 aliphatic heterocycles. The van der Waals surface area contributed by atoms with Crippen molar-refractivity contribution in [1.29, 1.82) is 0 Å². The number of unbranched alkanes of at least 4 members (excludes halogenated alkanes) is 8. The number of carbonyl (C=O) groups excluding carboxylic acids is 4. The molecule has 20 nitrogen and oxygen atoms in total. The van der Waals surface area contributed by atoms with Crippen molar-refractivity contribution < 1.29 is 36.2 Å². The number of carbonyl (C=O) groups is 4. The van der Waals surface area contributed by atoms with Crippen molar-refractivity contribution in [2.75, 3.05) is 0 Å². The van der Waals surface area contributed by atoms with E-state index in [4.69, 9.17) is 40.1 Å². The normalized spacial score (nSPS) is 36.7. The Morgan fingerprint density at radius 1 is 0.407 bits per heavy atom. The van der Waals surface area contributed by atoms with E-state index in [0.717, 1.165) is 116 Å². The van der Waals surface area contributed by atoms with E-state index in [9.17, 15) is 19.2 Å². The van der Waals surface area contributed by atoms with Crippen LogP contribution in [0.1, 0.15) is 231 Å². The number of rotatable bonds is 29. The van der Waals surface area contributed by atoms with Crippen LogP contribution in [0, 0.1) is 47.3 Å². The second-order valence-corrected chi connectivity index (χ2v) is 27.1. The molecule has 0 aromatic heterocycles. The van der Waals surface area contributed by atoms with Crippen LogP contribution in [0.4, 0.5) is 0 Å². The maximum atomic E-state index is 12.2. The Labute approximate surface area is 496 Å². The predicted octanol–water partition coefficient (Wildman–Crippen LogP) is 3.95. The number of fused-ring (bicyclic) bond motifs is 20. The van der Waals surface area contributed by atoms with Crippen molar-refractivity contribution in [2.45, 2.75) is 305 Å². The number of primary amides is 4. The van der Waals surface area contributed by atoms with Crippen LogP contribution in [0.15, 0.2) is 0 Å². The first kappa shape index (κ1) is 64.9. The third kappa shape index (κ3) is 15.9. The number of nitrogens with one attached hydrogen (secondary N) is 7. The van der Waals surface area contributed by atoms with Crippen LogP contribution in [0.3, 0.4) is 0 Å². The van der Waals surface area contributed by atoms with Gasteiger partial charge in [0.1, 0.15) is 0 Å². The van der Waals surface area contributed by atoms with Gasteiger partial charge in [-0.3, -0.25) is 66.2 Å². The molecule has 5 heterocycles. The minimum Gasteiger partial charge on any atom is -0.370 e. The smallest absolute Gasteiger partial charge is 0.217 e. The Hall–Kier alpha value is -2.08. The van der Waals surface area contributed by atoms with Gasteiger partial charge in [0, 0.05) is 48.8 Å². The molecule has 20 atom stereocenters. The van der Waals surface area contributed by atoms with Crippen LogP contribution in [-0.2, 0) is 36.2 Å². The van der Waals surface area contributed by atoms with Gasteiger partial charge in [-0.05, 0) is 150 Å². The number of hydrogen-bond donors (Lipinski definition) is 14. The first-order valence-electron chi connectivity index (χ1n) is 33.0. The molecule has 21 heteroatoms. The van der Waals surface area contributed by atoms with Crippen molar-refractivity contribution in [3.8, 4) is 0 Å². The largest absolute Gasteiger partial charge is 0.370 e. The van der Waals surface area contributed by atoms with E-state index < -0.39 is 5.66 Å². The topological polar surface area (TPSA) is 341 Å². The number of hydrogen-bond acceptors (Lipinski definition) is 16. The Kier molecular flexibility index (Phi) is 24.9. The SMILES string of the molecule is NC(=O)CCCCCC(N)NC(CCCCCC(N)=O)(C(N)CCCCCC(N)=O)N1C2NC3NC(NC4C5CCCCC5C(NC5NC(NC1C1CCCCC12)C1CCCCC51)N4C(N)CCCCCC(N)=O)C1CCCCC31.[Fe]. The van der Waals surface area contributed by atoms with Gasteiger partial charge >= 0.3 is 0 Å². The summed E-state index contributed by atoms with van der Waals surface area (Å²) in [5.74, 6) is 2.34. The van der Waals surface area contributed by atoms with E-state index >= 15 is 0 Å². The van der Waals surface area contributed by atoms with Gasteiger partial charge in [-0.25, -0.2) is 0 Å². The molecule has 9 aliphatic rings. The molecule has 464 valence electrons. The Morgan fingerprint density at radius 2 is 0.728 bits per heavy atom. The Morgan fingerprint density at radius 3 is 1.11 bits per heavy atom. The maximum absolute atomic E-state index is 12.2. The zero-order chi connectivity index (χ0) is 56.3. The first-order chi connectivity index (χ1) is 38.7. The molecule has 0 aromatic carbocycles. The van der Waals surface area contributed by atoms with Crippen molar-refractivity contribution in [2.24, 2.45) is 87.5 Å². The second-order valence-electron chi connectivity index (χ2n) is 27.1. The van der Waals surface area contributed by atoms with E-state index in [2.05, 4.69) is 47.0 Å². The fourth-order valence-corrected chi connectivity index (χ4v) is 18.1. The Balaban J connectivity index is 0.00000860. The van der Waals surface area contributed by atoms with Gasteiger partial charge in [0.2, 0.25) is 23.6 Å². The van der Waals surface area contributed by atoms with Crippen LogP contribution in [-0.4, -0.2) is 107 Å². The van der Waals surface area contributed by atoms with Gasteiger partial charge in [0.15, 0.2) is 0 Å². The summed E-state index contributed by atoms with van der Waals surface area (Å²) in [6.45, 7) is 0. The fraction of sp³-hybridized carbons (Fsp3) is 0.933. The summed E-state index contributed by atoms with van der Waals surface area (Å²) < 4.78 is 0. The van der Waals surface area contributed by atoms with E-state index in [-0.39, 0.29) is 108 Å². The molecule has 4 amide bonds. The summed E-state index contributed by atoms with van der Waals surface area (Å²) in [6, 6.07) is -0.341. The van der Waals surface area contributed by atoms with Gasteiger partial charge in [0.25, 0.3) is 0 Å². The summed E-state index contributed by atoms with van der Waals surface area (Å²) in [5.41, 5.74) is 44.9. The van der Waals surface area contributed by atoms with E-state index in [1.165, 1.54) is 77.0 Å². The molecule has 81 heavy (non-hydrogen) atoms. The quantitative estimate of drug-likeness (QED) is 0.0286. The average Bonchev–Trinajstić information content (AvgIpc) is 4.20. The van der Waals surface area contributed by atoms with E-state index in [0.29, 0.717) is 85.9 Å². The fourth-order valence-electron chi connectivity index (χ4n) is 18.1. The molecule has 9 rings (SSSR count). The molecule has 20 unspecified atom stereocenters. The molecule has 21 N–H and O–H groups in total. The molecular formula is C60H112FeN16O4. The number of amides is 4. The van der Waals surface area contributed by atoms with Gasteiger partial charge in [0.05, 0.1) is 67.3 Å². The second kappa shape index (κ2) is 31.0. The standard InChI is InChI=1S/C60H112N16O4.Fe/c61-45(29-5-1-8-32-48(64)77)60(36-20-4-11-35-51(67)80,74-46(62)30-6-2-9-33-49(65)78)76-58-43-27-18-19-28-44(43)59(76)73-55-40-24-15-13-22-38(40)53(69-55)71-57-42-26-17-16-25-41(42)56(75(57)47(63)31-7-3-10-34-50(66)79)70-52-37-21-12-14-23-39(37)54(68-52)72-58;/h37-47,52-59,68-74H,1-36,61-63H2,(H2,64,77)(H2,65,78)(H2,66,79)(H2,67,80);. The zero-order valence-corrected chi connectivity index (χ0v) is 50.5. The minimum atomic E-state index is -0.781. The molecule has 5 saturated heterocycles. The maximum Gasteiger partial charge on any atom is 0.217 e. The average molecular weight is 1180 g/mol. The van der Waals surface area contributed by atoms with Crippen molar-refractivity contribution >= 4 is 23.6 Å². The summed E-state index contributed by atoms with van der Waals surface area (Å²) in [4.78, 5) is 53.2. The van der Waals surface area contributed by atoms with Crippen molar-refractivity contribution in [3.05, 3.63) is 0 Å². The molecule has 0 spiro atoms. The van der Waals surface area contributed by atoms with Crippen LogP contribution in [0.25, 0.3) is 0 Å².